The largest absolute Gasteiger partial charge is 0.493 e. The van der Waals surface area contributed by atoms with E-state index in [1.54, 1.807) is 60.7 Å². The topological polar surface area (TPSA) is 94.8 Å². The van der Waals surface area contributed by atoms with Crippen LogP contribution in [0.15, 0.2) is 83.0 Å². The average molecular weight is 463 g/mol. The molecule has 0 unspecified atom stereocenters. The van der Waals surface area contributed by atoms with Crippen LogP contribution in [0.4, 0.5) is 5.69 Å². The summed E-state index contributed by atoms with van der Waals surface area (Å²) in [5.74, 6) is 0.431. The summed E-state index contributed by atoms with van der Waals surface area (Å²) in [6, 6.07) is 19.1. The van der Waals surface area contributed by atoms with Crippen LogP contribution in [-0.2, 0) is 4.79 Å². The maximum Gasteiger partial charge on any atom is 0.281 e. The number of hydrogen-bond donors (Lipinski definition) is 1. The Bertz CT molecular complexity index is 1400. The summed E-state index contributed by atoms with van der Waals surface area (Å²) < 4.78 is 12.1. The van der Waals surface area contributed by atoms with Crippen molar-refractivity contribution in [1.29, 1.82) is 0 Å². The molecule has 0 aliphatic heterocycles. The Labute approximate surface area is 194 Å². The zero-order chi connectivity index (χ0) is 23.2. The number of anilines is 1. The third-order valence-electron chi connectivity index (χ3n) is 4.67. The van der Waals surface area contributed by atoms with Gasteiger partial charge in [-0.2, -0.15) is 9.78 Å². The molecule has 8 nitrogen and oxygen atoms in total. The summed E-state index contributed by atoms with van der Waals surface area (Å²) in [4.78, 5) is 29.0. The summed E-state index contributed by atoms with van der Waals surface area (Å²) in [6.07, 6.45) is 2.88. The molecule has 1 heterocycles. The van der Waals surface area contributed by atoms with Gasteiger partial charge in [-0.15, -0.1) is 0 Å². The van der Waals surface area contributed by atoms with Crippen molar-refractivity contribution in [1.82, 2.24) is 9.66 Å². The smallest absolute Gasteiger partial charge is 0.281 e. The van der Waals surface area contributed by atoms with Crippen molar-refractivity contribution in [3.63, 3.8) is 0 Å². The molecule has 0 saturated heterocycles. The van der Waals surface area contributed by atoms with E-state index < -0.39 is 0 Å². The number of hydrogen-bond acceptors (Lipinski definition) is 6. The minimum Gasteiger partial charge on any atom is -0.493 e. The van der Waals surface area contributed by atoms with Crippen LogP contribution in [-0.4, -0.2) is 35.5 Å². The van der Waals surface area contributed by atoms with Crippen molar-refractivity contribution < 1.29 is 14.3 Å². The molecular weight excluding hydrogens is 444 g/mol. The van der Waals surface area contributed by atoms with E-state index in [4.69, 9.17) is 21.1 Å². The second-order valence-electron chi connectivity index (χ2n) is 6.88. The molecule has 0 bridgehead atoms. The van der Waals surface area contributed by atoms with Crippen LogP contribution in [0.25, 0.3) is 10.9 Å². The second kappa shape index (κ2) is 9.97. The van der Waals surface area contributed by atoms with Crippen LogP contribution < -0.4 is 20.3 Å². The highest BCUT2D eigenvalue weighted by molar-refractivity contribution is 6.33. The number of carbonyl (C=O) groups is 1. The molecule has 0 radical (unpaired) electrons. The lowest BCUT2D eigenvalue weighted by molar-refractivity contribution is -0.118. The number of halogens is 1. The maximum absolute atomic E-state index is 12.5. The predicted molar refractivity (Wildman–Crippen MR) is 128 cm³/mol. The van der Waals surface area contributed by atoms with Crippen molar-refractivity contribution >= 4 is 40.3 Å². The van der Waals surface area contributed by atoms with E-state index in [1.807, 2.05) is 6.07 Å². The summed E-state index contributed by atoms with van der Waals surface area (Å²) in [7, 11) is 1.49. The number of nitrogens with zero attached hydrogens (tertiary/aromatic N) is 3. The molecule has 1 aromatic heterocycles. The minimum atomic E-state index is -0.362. The van der Waals surface area contributed by atoms with Gasteiger partial charge >= 0.3 is 0 Å². The van der Waals surface area contributed by atoms with Crippen molar-refractivity contribution in [3.05, 3.63) is 94.0 Å². The fourth-order valence-electron chi connectivity index (χ4n) is 3.05. The third-order valence-corrected chi connectivity index (χ3v) is 5.00. The predicted octanol–water partition coefficient (Wildman–Crippen LogP) is 3.96. The normalized spacial score (nSPS) is 11.0. The van der Waals surface area contributed by atoms with E-state index in [2.05, 4.69) is 15.4 Å². The van der Waals surface area contributed by atoms with E-state index in [0.29, 0.717) is 38.7 Å². The molecule has 1 amide bonds. The Morgan fingerprint density at radius 1 is 1.12 bits per heavy atom. The highest BCUT2D eigenvalue weighted by atomic mass is 35.5. The van der Waals surface area contributed by atoms with Gasteiger partial charge in [0.2, 0.25) is 0 Å². The number of nitrogens with one attached hydrogen (secondary N) is 1. The lowest BCUT2D eigenvalue weighted by atomic mass is 10.2. The second-order valence-corrected chi connectivity index (χ2v) is 7.29. The van der Waals surface area contributed by atoms with Crippen molar-refractivity contribution in [3.8, 4) is 11.5 Å². The van der Waals surface area contributed by atoms with E-state index in [9.17, 15) is 9.59 Å². The molecule has 0 saturated carbocycles. The molecule has 3 aromatic carbocycles. The fraction of sp³-hybridized carbons (Fsp3) is 0.0833. The Hall–Kier alpha value is -4.17. The molecule has 0 atom stereocenters. The van der Waals surface area contributed by atoms with Crippen LogP contribution in [0, 0.1) is 0 Å². The van der Waals surface area contributed by atoms with E-state index in [0.717, 1.165) is 4.68 Å². The van der Waals surface area contributed by atoms with Crippen LogP contribution in [0.1, 0.15) is 5.56 Å². The molecule has 0 aliphatic rings. The number of methoxy groups -OCH3 is 1. The lowest BCUT2D eigenvalue weighted by Crippen LogP contribution is -2.20. The van der Waals surface area contributed by atoms with Crippen LogP contribution in [0.5, 0.6) is 11.5 Å². The SMILES string of the molecule is COc1cc(/C=N/n2cnc3ccccc3c2=O)ccc1OCC(=O)Nc1ccccc1Cl. The van der Waals surface area contributed by atoms with Gasteiger partial charge in [0.25, 0.3) is 11.5 Å². The molecule has 33 heavy (non-hydrogen) atoms. The summed E-state index contributed by atoms with van der Waals surface area (Å²) in [5, 5.41) is 7.81. The first-order valence-electron chi connectivity index (χ1n) is 9.91. The van der Waals surface area contributed by atoms with Gasteiger partial charge in [0.05, 0.1) is 34.9 Å². The number of fused-ring (bicyclic) bond motifs is 1. The zero-order valence-electron chi connectivity index (χ0n) is 17.6. The van der Waals surface area contributed by atoms with Gasteiger partial charge in [-0.05, 0) is 48.0 Å². The molecule has 0 aliphatic carbocycles. The van der Waals surface area contributed by atoms with Gasteiger partial charge in [0, 0.05) is 0 Å². The van der Waals surface area contributed by atoms with Crippen molar-refractivity contribution in [2.45, 2.75) is 0 Å². The van der Waals surface area contributed by atoms with Crippen LogP contribution >= 0.6 is 11.6 Å². The standard InChI is InChI=1S/C24H19ClN4O4/c1-32-22-12-16(13-27-29-15-26-19-8-4-2-6-17(19)24(29)31)10-11-21(22)33-14-23(30)28-20-9-5-3-7-18(20)25/h2-13,15H,14H2,1H3,(H,28,30)/b27-13+. The van der Waals surface area contributed by atoms with E-state index >= 15 is 0 Å². The minimum absolute atomic E-state index is 0.229. The number of ether oxygens (including phenoxy) is 2. The fourth-order valence-corrected chi connectivity index (χ4v) is 3.23. The number of amides is 1. The molecule has 9 heteroatoms. The number of rotatable bonds is 7. The van der Waals surface area contributed by atoms with E-state index in [-0.39, 0.29) is 18.1 Å². The Morgan fingerprint density at radius 3 is 2.73 bits per heavy atom. The number of carbonyl (C=O) groups excluding carboxylic acids is 1. The molecule has 0 fully saturated rings. The van der Waals surface area contributed by atoms with Crippen molar-refractivity contribution in [2.75, 3.05) is 19.0 Å². The van der Waals surface area contributed by atoms with Gasteiger partial charge in [0.15, 0.2) is 18.1 Å². The lowest BCUT2D eigenvalue weighted by Gasteiger charge is -2.12. The molecule has 0 spiro atoms. The maximum atomic E-state index is 12.5. The molecule has 4 rings (SSSR count). The first kappa shape index (κ1) is 22.0. The number of benzene rings is 3. The Balaban J connectivity index is 1.46. The first-order chi connectivity index (χ1) is 16.0. The van der Waals surface area contributed by atoms with Gasteiger partial charge in [-0.1, -0.05) is 35.9 Å². The zero-order valence-corrected chi connectivity index (χ0v) is 18.3. The quantitative estimate of drug-likeness (QED) is 0.419. The first-order valence-corrected chi connectivity index (χ1v) is 10.3. The number of aromatic nitrogens is 2. The monoisotopic (exact) mass is 462 g/mol. The van der Waals surface area contributed by atoms with Gasteiger partial charge in [-0.3, -0.25) is 9.59 Å². The average Bonchev–Trinajstić information content (AvgIpc) is 2.84. The van der Waals surface area contributed by atoms with Gasteiger partial charge in [-0.25, -0.2) is 4.98 Å². The molecule has 1 N–H and O–H groups in total. The Morgan fingerprint density at radius 2 is 1.91 bits per heavy atom. The van der Waals surface area contributed by atoms with Crippen molar-refractivity contribution in [2.24, 2.45) is 5.10 Å². The van der Waals surface area contributed by atoms with Gasteiger partial charge < -0.3 is 14.8 Å². The third kappa shape index (κ3) is 5.19. The van der Waals surface area contributed by atoms with Gasteiger partial charge in [0.1, 0.15) is 6.33 Å². The van der Waals surface area contributed by atoms with Crippen LogP contribution in [0.3, 0.4) is 0 Å². The summed E-state index contributed by atoms with van der Waals surface area (Å²) >= 11 is 6.05. The molecule has 166 valence electrons. The summed E-state index contributed by atoms with van der Waals surface area (Å²) in [6.45, 7) is -0.229. The van der Waals surface area contributed by atoms with E-state index in [1.165, 1.54) is 19.7 Å². The number of para-hydroxylation sites is 2. The summed E-state index contributed by atoms with van der Waals surface area (Å²) in [5.41, 5.74) is 1.51. The highest BCUT2D eigenvalue weighted by Crippen LogP contribution is 2.28. The highest BCUT2D eigenvalue weighted by Gasteiger charge is 2.10. The Kier molecular flexibility index (Phi) is 6.66. The molecular formula is C24H19ClN4O4. The molecule has 4 aromatic rings. The van der Waals surface area contributed by atoms with Crippen LogP contribution in [0.2, 0.25) is 5.02 Å².